The highest BCUT2D eigenvalue weighted by Gasteiger charge is 2.21. The lowest BCUT2D eigenvalue weighted by molar-refractivity contribution is 0.673. The van der Waals surface area contributed by atoms with E-state index in [1.54, 1.807) is 11.3 Å². The Morgan fingerprint density at radius 2 is 0.938 bits per heavy atom. The van der Waals surface area contributed by atoms with Crippen molar-refractivity contribution >= 4 is 64.2 Å². The van der Waals surface area contributed by atoms with Crippen molar-refractivity contribution in [3.05, 3.63) is 152 Å². The molecule has 5 heteroatoms. The molecule has 0 radical (unpaired) electrons. The molecule has 0 unspecified atom stereocenters. The van der Waals surface area contributed by atoms with Crippen LogP contribution < -0.4 is 0 Å². The monoisotopic (exact) mass is 631 g/mol. The molecule has 224 valence electrons. The molecule has 0 amide bonds. The summed E-state index contributed by atoms with van der Waals surface area (Å²) in [5.41, 5.74) is 6.73. The van der Waals surface area contributed by atoms with Gasteiger partial charge in [-0.2, -0.15) is 0 Å². The minimum Gasteiger partial charge on any atom is -0.455 e. The molecule has 0 spiro atoms. The van der Waals surface area contributed by atoms with Gasteiger partial charge in [0.2, 0.25) is 0 Å². The van der Waals surface area contributed by atoms with Crippen LogP contribution in [0.4, 0.5) is 0 Å². The zero-order valence-corrected chi connectivity index (χ0v) is 26.4. The smallest absolute Gasteiger partial charge is 0.167 e. The van der Waals surface area contributed by atoms with Crippen LogP contribution in [0.5, 0.6) is 0 Å². The lowest BCUT2D eigenvalue weighted by Gasteiger charge is -2.09. The Morgan fingerprint density at radius 3 is 1.73 bits per heavy atom. The summed E-state index contributed by atoms with van der Waals surface area (Å²) < 4.78 is 9.25. The first-order valence-corrected chi connectivity index (χ1v) is 16.8. The molecule has 0 N–H and O–H groups in total. The topological polar surface area (TPSA) is 51.8 Å². The summed E-state index contributed by atoms with van der Waals surface area (Å²) in [6.07, 6.45) is 0. The van der Waals surface area contributed by atoms with Crippen LogP contribution in [-0.4, -0.2) is 15.0 Å². The number of aromatic nitrogens is 3. The van der Waals surface area contributed by atoms with E-state index in [1.165, 1.54) is 26.6 Å². The van der Waals surface area contributed by atoms with Crippen LogP contribution in [0, 0.1) is 0 Å². The van der Waals surface area contributed by atoms with Crippen molar-refractivity contribution in [3.8, 4) is 45.3 Å². The maximum atomic E-state index is 6.85. The van der Waals surface area contributed by atoms with Gasteiger partial charge in [-0.05, 0) is 40.8 Å². The molecule has 0 fully saturated rings. The number of hydrogen-bond acceptors (Lipinski definition) is 5. The third kappa shape index (κ3) is 4.18. The van der Waals surface area contributed by atoms with Crippen molar-refractivity contribution in [2.24, 2.45) is 0 Å². The number of rotatable bonds is 4. The summed E-state index contributed by atoms with van der Waals surface area (Å²) >= 11 is 1.77. The molecular weight excluding hydrogens is 607 g/mol. The van der Waals surface area contributed by atoms with E-state index in [1.807, 2.05) is 30.3 Å². The molecule has 0 saturated carbocycles. The summed E-state index contributed by atoms with van der Waals surface area (Å²) in [4.78, 5) is 15.4. The number of furan rings is 1. The Bertz CT molecular complexity index is 2840. The fourth-order valence-corrected chi connectivity index (χ4v) is 8.12. The van der Waals surface area contributed by atoms with Gasteiger partial charge in [0.15, 0.2) is 17.5 Å². The molecule has 0 aliphatic rings. The zero-order valence-electron chi connectivity index (χ0n) is 25.6. The van der Waals surface area contributed by atoms with Crippen molar-refractivity contribution in [1.82, 2.24) is 15.0 Å². The molecule has 3 heterocycles. The molecule has 0 atom stereocenters. The Balaban J connectivity index is 1.25. The number of benzene rings is 7. The van der Waals surface area contributed by atoms with Crippen molar-refractivity contribution in [2.45, 2.75) is 0 Å². The van der Waals surface area contributed by atoms with Crippen molar-refractivity contribution in [3.63, 3.8) is 0 Å². The first kappa shape index (κ1) is 27.0. The molecule has 0 bridgehead atoms. The number of thiophene rings is 1. The Kier molecular flexibility index (Phi) is 6.01. The third-order valence-electron chi connectivity index (χ3n) is 9.14. The van der Waals surface area contributed by atoms with Gasteiger partial charge >= 0.3 is 0 Å². The van der Waals surface area contributed by atoms with Crippen LogP contribution in [0.15, 0.2) is 156 Å². The van der Waals surface area contributed by atoms with Gasteiger partial charge in [0, 0.05) is 47.5 Å². The molecule has 0 aliphatic carbocycles. The molecular formula is C43H25N3OS. The molecule has 10 aromatic rings. The minimum absolute atomic E-state index is 0.578. The number of fused-ring (bicyclic) bond motifs is 8. The molecule has 48 heavy (non-hydrogen) atoms. The molecule has 0 aliphatic heterocycles. The van der Waals surface area contributed by atoms with E-state index < -0.39 is 0 Å². The van der Waals surface area contributed by atoms with E-state index >= 15 is 0 Å². The van der Waals surface area contributed by atoms with E-state index in [0.717, 1.165) is 54.1 Å². The standard InChI is InChI=1S/C43H25N3OS/c1-3-13-26(14-4-1)35-25-36-31-20-11-22-33(38(31)47-39(36)30-19-8-7-17-28(30)35)42-44-41(27-15-5-2-6-16-27)45-43(46-42)34-23-12-21-32-29-18-9-10-24-37(29)48-40(32)34/h1-25H. The van der Waals surface area contributed by atoms with E-state index in [2.05, 4.69) is 121 Å². The molecule has 7 aromatic carbocycles. The summed E-state index contributed by atoms with van der Waals surface area (Å²) in [7, 11) is 0. The van der Waals surface area contributed by atoms with Crippen LogP contribution in [0.25, 0.3) is 98.2 Å². The number of nitrogens with zero attached hydrogens (tertiary/aromatic N) is 3. The fraction of sp³-hybridized carbons (Fsp3) is 0. The number of hydrogen-bond donors (Lipinski definition) is 0. The van der Waals surface area contributed by atoms with Gasteiger partial charge in [0.25, 0.3) is 0 Å². The second-order valence-electron chi connectivity index (χ2n) is 11.9. The van der Waals surface area contributed by atoms with Crippen molar-refractivity contribution in [2.75, 3.05) is 0 Å². The van der Waals surface area contributed by atoms with Crippen molar-refractivity contribution < 1.29 is 4.42 Å². The quantitative estimate of drug-likeness (QED) is 0.194. The Hall–Kier alpha value is -6.17. The largest absolute Gasteiger partial charge is 0.455 e. The van der Waals surface area contributed by atoms with Gasteiger partial charge in [0.1, 0.15) is 11.2 Å². The molecule has 0 saturated heterocycles. The summed E-state index contributed by atoms with van der Waals surface area (Å²) in [5, 5.41) is 6.77. The molecule has 10 rings (SSSR count). The lowest BCUT2D eigenvalue weighted by Crippen LogP contribution is -2.00. The highest BCUT2D eigenvalue weighted by atomic mass is 32.1. The zero-order chi connectivity index (χ0) is 31.6. The van der Waals surface area contributed by atoms with E-state index in [0.29, 0.717) is 17.5 Å². The normalized spacial score (nSPS) is 11.8. The lowest BCUT2D eigenvalue weighted by atomic mass is 9.95. The minimum atomic E-state index is 0.578. The van der Waals surface area contributed by atoms with Crippen LogP contribution in [0.2, 0.25) is 0 Å². The van der Waals surface area contributed by atoms with Crippen LogP contribution in [0.1, 0.15) is 0 Å². The average Bonchev–Trinajstić information content (AvgIpc) is 3.74. The third-order valence-corrected chi connectivity index (χ3v) is 10.4. The predicted molar refractivity (Wildman–Crippen MR) is 199 cm³/mol. The van der Waals surface area contributed by atoms with E-state index in [-0.39, 0.29) is 0 Å². The van der Waals surface area contributed by atoms with Crippen molar-refractivity contribution in [1.29, 1.82) is 0 Å². The Morgan fingerprint density at radius 1 is 0.375 bits per heavy atom. The van der Waals surface area contributed by atoms with Gasteiger partial charge in [-0.1, -0.05) is 127 Å². The average molecular weight is 632 g/mol. The van der Waals surface area contributed by atoms with Crippen LogP contribution in [0.3, 0.4) is 0 Å². The second kappa shape index (κ2) is 10.7. The fourth-order valence-electron chi connectivity index (χ4n) is 6.91. The SMILES string of the molecule is c1ccc(-c2nc(-c3cccc4c3oc3c5ccccc5c(-c5ccccc5)cc43)nc(-c3cccc4c3sc3ccccc34)n2)cc1. The van der Waals surface area contributed by atoms with Gasteiger partial charge in [-0.15, -0.1) is 11.3 Å². The summed E-state index contributed by atoms with van der Waals surface area (Å²) in [6.45, 7) is 0. The highest BCUT2D eigenvalue weighted by molar-refractivity contribution is 7.26. The number of para-hydroxylation sites is 1. The summed E-state index contributed by atoms with van der Waals surface area (Å²) in [5.74, 6) is 1.84. The first-order valence-electron chi connectivity index (χ1n) is 15.9. The second-order valence-corrected chi connectivity index (χ2v) is 13.0. The molecule has 4 nitrogen and oxygen atoms in total. The maximum absolute atomic E-state index is 6.85. The van der Waals surface area contributed by atoms with Gasteiger partial charge < -0.3 is 4.42 Å². The van der Waals surface area contributed by atoms with Crippen LogP contribution >= 0.6 is 11.3 Å². The first-order chi connectivity index (χ1) is 23.8. The van der Waals surface area contributed by atoms with E-state index in [4.69, 9.17) is 19.4 Å². The van der Waals surface area contributed by atoms with Gasteiger partial charge in [-0.3, -0.25) is 0 Å². The Labute approximate surface area is 279 Å². The van der Waals surface area contributed by atoms with Gasteiger partial charge in [-0.25, -0.2) is 15.0 Å². The summed E-state index contributed by atoms with van der Waals surface area (Å²) in [6, 6.07) is 52.6. The maximum Gasteiger partial charge on any atom is 0.167 e. The highest BCUT2D eigenvalue weighted by Crippen LogP contribution is 2.43. The van der Waals surface area contributed by atoms with Crippen LogP contribution in [-0.2, 0) is 0 Å². The predicted octanol–water partition coefficient (Wildman–Crippen LogP) is 12.0. The van der Waals surface area contributed by atoms with Gasteiger partial charge in [0.05, 0.1) is 5.56 Å². The molecule has 3 aromatic heterocycles. The van der Waals surface area contributed by atoms with E-state index in [9.17, 15) is 0 Å².